The molecular weight excluding hydrogens is 386 g/mol. The van der Waals surface area contributed by atoms with Crippen molar-refractivity contribution in [3.8, 4) is 11.6 Å². The molecule has 2 aromatic heterocycles. The third kappa shape index (κ3) is 4.03. The summed E-state index contributed by atoms with van der Waals surface area (Å²) in [6.07, 6.45) is 3.78. The normalized spacial score (nSPS) is 11.9. The van der Waals surface area contributed by atoms with Crippen molar-refractivity contribution in [3.63, 3.8) is 0 Å². The maximum atomic E-state index is 11.1. The van der Waals surface area contributed by atoms with E-state index in [4.69, 9.17) is 10.5 Å². The Morgan fingerprint density at radius 1 is 1.32 bits per heavy atom. The fraction of sp³-hybridized carbons (Fsp3) is 0.176. The van der Waals surface area contributed by atoms with E-state index in [1.54, 1.807) is 6.20 Å². The highest BCUT2D eigenvalue weighted by Crippen LogP contribution is 2.29. The summed E-state index contributed by atoms with van der Waals surface area (Å²) in [5.74, 6) is 1.01. The molecular formula is C17H16BrN5O2. The molecule has 0 radical (unpaired) electrons. The average Bonchev–Trinajstić information content (AvgIpc) is 2.60. The van der Waals surface area contributed by atoms with Gasteiger partial charge in [-0.15, -0.1) is 0 Å². The van der Waals surface area contributed by atoms with Crippen LogP contribution in [0.4, 0.5) is 4.79 Å². The Balaban J connectivity index is 1.92. The molecule has 0 aliphatic carbocycles. The molecule has 0 saturated heterocycles. The van der Waals surface area contributed by atoms with Crippen LogP contribution in [0.3, 0.4) is 0 Å². The molecule has 128 valence electrons. The Morgan fingerprint density at radius 2 is 2.16 bits per heavy atom. The fourth-order valence-electron chi connectivity index (χ4n) is 2.48. The number of pyridine rings is 1. The highest BCUT2D eigenvalue weighted by atomic mass is 79.9. The zero-order valence-corrected chi connectivity index (χ0v) is 15.0. The zero-order valence-electron chi connectivity index (χ0n) is 13.4. The van der Waals surface area contributed by atoms with Crippen molar-refractivity contribution in [2.24, 2.45) is 5.73 Å². The van der Waals surface area contributed by atoms with Gasteiger partial charge >= 0.3 is 6.03 Å². The van der Waals surface area contributed by atoms with Gasteiger partial charge in [-0.3, -0.25) is 0 Å². The maximum absolute atomic E-state index is 11.1. The number of nitrogens with two attached hydrogens (primary N) is 1. The molecule has 1 atom stereocenters. The number of aromatic nitrogens is 3. The largest absolute Gasteiger partial charge is 0.438 e. The number of urea groups is 1. The van der Waals surface area contributed by atoms with Crippen molar-refractivity contribution < 1.29 is 9.53 Å². The number of hydrogen-bond acceptors (Lipinski definition) is 5. The van der Waals surface area contributed by atoms with E-state index in [2.05, 4.69) is 36.2 Å². The Bertz CT molecular complexity index is 918. The van der Waals surface area contributed by atoms with Crippen LogP contribution in [0.1, 0.15) is 24.9 Å². The van der Waals surface area contributed by atoms with Crippen molar-refractivity contribution in [1.29, 1.82) is 0 Å². The predicted molar refractivity (Wildman–Crippen MR) is 97.3 cm³/mol. The van der Waals surface area contributed by atoms with Crippen LogP contribution in [0, 0.1) is 0 Å². The van der Waals surface area contributed by atoms with Crippen molar-refractivity contribution in [2.75, 3.05) is 0 Å². The van der Waals surface area contributed by atoms with Crippen LogP contribution in [0.25, 0.3) is 11.0 Å². The number of benzene rings is 1. The molecule has 2 amide bonds. The van der Waals surface area contributed by atoms with E-state index in [9.17, 15) is 4.79 Å². The summed E-state index contributed by atoms with van der Waals surface area (Å²) in [6, 6.07) is 8.55. The standard InChI is InChI=1S/C17H16BrN5O2/c1-2-14(23-17(19)24)10-4-3-5-12(6-10)25-16-13-7-11(18)8-20-15(13)21-9-22-16/h3-9,14H,2H2,1H3,(H3,19,23,24). The van der Waals surface area contributed by atoms with Crippen molar-refractivity contribution in [1.82, 2.24) is 20.3 Å². The molecule has 7 nitrogen and oxygen atoms in total. The lowest BCUT2D eigenvalue weighted by Crippen LogP contribution is -2.32. The summed E-state index contributed by atoms with van der Waals surface area (Å²) >= 11 is 3.39. The van der Waals surface area contributed by atoms with E-state index in [0.29, 0.717) is 29.1 Å². The monoisotopic (exact) mass is 401 g/mol. The van der Waals surface area contributed by atoms with E-state index in [-0.39, 0.29) is 6.04 Å². The molecule has 0 aliphatic rings. The molecule has 25 heavy (non-hydrogen) atoms. The first-order valence-corrected chi connectivity index (χ1v) is 8.46. The van der Waals surface area contributed by atoms with E-state index in [0.717, 1.165) is 10.0 Å². The number of rotatable bonds is 5. The van der Waals surface area contributed by atoms with Gasteiger partial charge in [0.05, 0.1) is 11.4 Å². The second-order valence-corrected chi connectivity index (χ2v) is 6.26. The number of ether oxygens (including phenoxy) is 1. The molecule has 1 unspecified atom stereocenters. The molecule has 3 rings (SSSR count). The van der Waals surface area contributed by atoms with Crippen LogP contribution in [0.15, 0.2) is 47.3 Å². The Morgan fingerprint density at radius 3 is 2.92 bits per heavy atom. The Labute approximate surface area is 152 Å². The first-order chi connectivity index (χ1) is 12.1. The van der Waals surface area contributed by atoms with Crippen LogP contribution >= 0.6 is 15.9 Å². The Kier molecular flexibility index (Phi) is 5.08. The van der Waals surface area contributed by atoms with Gasteiger partial charge in [-0.2, -0.15) is 0 Å². The van der Waals surface area contributed by atoms with Crippen molar-refractivity contribution in [2.45, 2.75) is 19.4 Å². The van der Waals surface area contributed by atoms with Crippen molar-refractivity contribution >= 4 is 33.0 Å². The summed E-state index contributed by atoms with van der Waals surface area (Å²) in [5.41, 5.74) is 6.68. The van der Waals surface area contributed by atoms with E-state index < -0.39 is 6.03 Å². The van der Waals surface area contributed by atoms with Crippen LogP contribution in [-0.4, -0.2) is 21.0 Å². The van der Waals surface area contributed by atoms with Gasteiger partial charge in [-0.25, -0.2) is 19.7 Å². The van der Waals surface area contributed by atoms with E-state index in [1.165, 1.54) is 6.33 Å². The Hall–Kier alpha value is -2.74. The molecule has 0 spiro atoms. The minimum Gasteiger partial charge on any atom is -0.438 e. The van der Waals surface area contributed by atoms with E-state index >= 15 is 0 Å². The minimum atomic E-state index is -0.559. The number of nitrogens with one attached hydrogen (secondary N) is 1. The van der Waals surface area contributed by atoms with Crippen LogP contribution in [0.5, 0.6) is 11.6 Å². The SMILES string of the molecule is CCC(NC(N)=O)c1cccc(Oc2ncnc3ncc(Br)cc23)c1. The summed E-state index contributed by atoms with van der Waals surface area (Å²) in [5, 5.41) is 3.41. The smallest absolute Gasteiger partial charge is 0.312 e. The topological polar surface area (TPSA) is 103 Å². The lowest BCUT2D eigenvalue weighted by molar-refractivity contribution is 0.245. The molecule has 8 heteroatoms. The second kappa shape index (κ2) is 7.43. The lowest BCUT2D eigenvalue weighted by Gasteiger charge is -2.17. The minimum absolute atomic E-state index is 0.181. The number of halogens is 1. The number of fused-ring (bicyclic) bond motifs is 1. The first kappa shape index (κ1) is 17.1. The molecule has 0 aliphatic heterocycles. The van der Waals surface area contributed by atoms with Gasteiger partial charge in [0.1, 0.15) is 12.1 Å². The number of hydrogen-bond donors (Lipinski definition) is 2. The number of nitrogens with zero attached hydrogens (tertiary/aromatic N) is 3. The van der Waals surface area contributed by atoms with Gasteiger partial charge in [-0.05, 0) is 46.1 Å². The van der Waals surface area contributed by atoms with E-state index in [1.807, 2.05) is 37.3 Å². The molecule has 1 aromatic carbocycles. The molecule has 0 saturated carbocycles. The van der Waals surface area contributed by atoms with Crippen LogP contribution < -0.4 is 15.8 Å². The highest BCUT2D eigenvalue weighted by molar-refractivity contribution is 9.10. The summed E-state index contributed by atoms with van der Waals surface area (Å²) in [4.78, 5) is 23.7. The maximum Gasteiger partial charge on any atom is 0.312 e. The second-order valence-electron chi connectivity index (χ2n) is 5.35. The first-order valence-electron chi connectivity index (χ1n) is 7.67. The van der Waals surface area contributed by atoms with Crippen LogP contribution in [0.2, 0.25) is 0 Å². The van der Waals surface area contributed by atoms with Gasteiger partial charge < -0.3 is 15.8 Å². The number of amides is 2. The average molecular weight is 402 g/mol. The number of primary amides is 1. The third-order valence-electron chi connectivity index (χ3n) is 3.62. The zero-order chi connectivity index (χ0) is 17.8. The quantitative estimate of drug-likeness (QED) is 0.678. The van der Waals surface area contributed by atoms with Crippen LogP contribution in [-0.2, 0) is 0 Å². The number of carbonyl (C=O) groups is 1. The van der Waals surface area contributed by atoms with Gasteiger partial charge in [0.2, 0.25) is 5.88 Å². The lowest BCUT2D eigenvalue weighted by atomic mass is 10.0. The summed E-state index contributed by atoms with van der Waals surface area (Å²) in [7, 11) is 0. The van der Waals surface area contributed by atoms with Crippen molar-refractivity contribution in [3.05, 3.63) is 52.9 Å². The number of carbonyl (C=O) groups excluding carboxylic acids is 1. The van der Waals surface area contributed by atoms with Gasteiger partial charge in [-0.1, -0.05) is 19.1 Å². The molecule has 2 heterocycles. The molecule has 3 N–H and O–H groups in total. The van der Waals surface area contributed by atoms with Gasteiger partial charge in [0.15, 0.2) is 5.65 Å². The summed E-state index contributed by atoms with van der Waals surface area (Å²) in [6.45, 7) is 1.97. The third-order valence-corrected chi connectivity index (χ3v) is 4.05. The fourth-order valence-corrected chi connectivity index (χ4v) is 2.81. The molecule has 0 bridgehead atoms. The summed E-state index contributed by atoms with van der Waals surface area (Å²) < 4.78 is 6.74. The highest BCUT2D eigenvalue weighted by Gasteiger charge is 2.13. The van der Waals surface area contributed by atoms with Gasteiger partial charge in [0, 0.05) is 10.7 Å². The predicted octanol–water partition coefficient (Wildman–Crippen LogP) is 3.70. The molecule has 0 fully saturated rings. The van der Waals surface area contributed by atoms with Gasteiger partial charge in [0.25, 0.3) is 0 Å². The molecule has 3 aromatic rings.